The monoisotopic (exact) mass is 292 g/mol. The molecule has 0 spiro atoms. The van der Waals surface area contributed by atoms with Crippen LogP contribution in [0.2, 0.25) is 0 Å². The Labute approximate surface area is 125 Å². The number of aromatic hydroxyl groups is 1. The zero-order chi connectivity index (χ0) is 14.8. The summed E-state index contributed by atoms with van der Waals surface area (Å²) in [6.45, 7) is 4.85. The van der Waals surface area contributed by atoms with Crippen LogP contribution in [0.25, 0.3) is 0 Å². The molecule has 2 aliphatic heterocycles. The smallest absolute Gasteiger partial charge is 0.138 e. The quantitative estimate of drug-likeness (QED) is 0.883. The average molecular weight is 292 g/mol. The van der Waals surface area contributed by atoms with Crippen molar-refractivity contribution >= 4 is 0 Å². The van der Waals surface area contributed by atoms with Crippen LogP contribution in [0.5, 0.6) is 5.75 Å². The van der Waals surface area contributed by atoms with Gasteiger partial charge in [0.15, 0.2) is 0 Å². The van der Waals surface area contributed by atoms with Crippen molar-refractivity contribution in [2.45, 2.75) is 44.9 Å². The molecule has 2 saturated heterocycles. The number of aliphatic hydroxyl groups is 1. The number of aliphatic hydroxyl groups excluding tert-OH is 1. The summed E-state index contributed by atoms with van der Waals surface area (Å²) in [4.78, 5) is 6.79. The molecule has 0 radical (unpaired) electrons. The molecule has 116 valence electrons. The predicted octanol–water partition coefficient (Wildman–Crippen LogP) is 1.46. The van der Waals surface area contributed by atoms with Crippen molar-refractivity contribution in [3.8, 4) is 5.75 Å². The molecule has 0 bridgehead atoms. The van der Waals surface area contributed by atoms with E-state index in [9.17, 15) is 10.2 Å². The van der Waals surface area contributed by atoms with Crippen molar-refractivity contribution in [2.24, 2.45) is 5.92 Å². The molecule has 0 amide bonds. The minimum atomic E-state index is -0.275. The highest BCUT2D eigenvalue weighted by molar-refractivity contribution is 5.27. The van der Waals surface area contributed by atoms with E-state index in [1.807, 2.05) is 13.0 Å². The Balaban J connectivity index is 1.73. The summed E-state index contributed by atoms with van der Waals surface area (Å²) in [6, 6.07) is 3.85. The number of aromatic nitrogens is 1. The molecule has 5 nitrogen and oxygen atoms in total. The van der Waals surface area contributed by atoms with Crippen LogP contribution in [0.15, 0.2) is 12.1 Å². The van der Waals surface area contributed by atoms with Crippen LogP contribution in [0.4, 0.5) is 0 Å². The van der Waals surface area contributed by atoms with Gasteiger partial charge in [-0.15, -0.1) is 0 Å². The van der Waals surface area contributed by atoms with Crippen molar-refractivity contribution in [3.05, 3.63) is 23.5 Å². The first-order chi connectivity index (χ1) is 10.1. The number of rotatable bonds is 3. The van der Waals surface area contributed by atoms with Gasteiger partial charge in [0, 0.05) is 30.8 Å². The van der Waals surface area contributed by atoms with E-state index < -0.39 is 0 Å². The summed E-state index contributed by atoms with van der Waals surface area (Å²) < 4.78 is 5.55. The van der Waals surface area contributed by atoms with E-state index in [1.165, 1.54) is 0 Å². The molecular weight excluding hydrogens is 268 g/mol. The molecule has 0 unspecified atom stereocenters. The van der Waals surface area contributed by atoms with Crippen LogP contribution in [0.3, 0.4) is 0 Å². The first kappa shape index (κ1) is 14.8. The highest BCUT2D eigenvalue weighted by Crippen LogP contribution is 2.31. The largest absolute Gasteiger partial charge is 0.506 e. The van der Waals surface area contributed by atoms with Crippen molar-refractivity contribution < 1.29 is 14.9 Å². The minimum absolute atomic E-state index is 0.174. The predicted molar refractivity (Wildman–Crippen MR) is 79.0 cm³/mol. The Kier molecular flexibility index (Phi) is 4.42. The number of aryl methyl sites for hydroxylation is 1. The number of ether oxygens (including phenoxy) is 1. The van der Waals surface area contributed by atoms with Crippen LogP contribution < -0.4 is 0 Å². The van der Waals surface area contributed by atoms with Gasteiger partial charge in [0.05, 0.1) is 18.4 Å². The van der Waals surface area contributed by atoms with Crippen molar-refractivity contribution in [1.82, 2.24) is 9.88 Å². The van der Waals surface area contributed by atoms with Crippen LogP contribution in [-0.4, -0.2) is 52.0 Å². The summed E-state index contributed by atoms with van der Waals surface area (Å²) in [5.74, 6) is 0.430. The Morgan fingerprint density at radius 1 is 1.38 bits per heavy atom. The first-order valence-corrected chi connectivity index (χ1v) is 7.80. The molecule has 3 atom stereocenters. The van der Waals surface area contributed by atoms with Gasteiger partial charge in [0.1, 0.15) is 5.75 Å². The van der Waals surface area contributed by atoms with Gasteiger partial charge >= 0.3 is 0 Å². The molecule has 2 aliphatic rings. The maximum Gasteiger partial charge on any atom is 0.138 e. The molecular formula is C16H24N2O3. The Bertz CT molecular complexity index is 494. The summed E-state index contributed by atoms with van der Waals surface area (Å²) >= 11 is 0. The van der Waals surface area contributed by atoms with Gasteiger partial charge in [0.25, 0.3) is 0 Å². The summed E-state index contributed by atoms with van der Waals surface area (Å²) in [7, 11) is 0. The van der Waals surface area contributed by atoms with E-state index in [0.29, 0.717) is 25.8 Å². The normalized spacial score (nSPS) is 30.7. The SMILES string of the molecule is Cc1ccc(O)c(CN2CCC[C@@H]2[C@H]2COCC[C@@H]2O)n1. The van der Waals surface area contributed by atoms with Crippen molar-refractivity contribution in [1.29, 1.82) is 0 Å². The molecule has 1 aromatic heterocycles. The highest BCUT2D eigenvalue weighted by Gasteiger charge is 2.37. The van der Waals surface area contributed by atoms with E-state index in [0.717, 1.165) is 37.2 Å². The molecule has 0 aliphatic carbocycles. The van der Waals surface area contributed by atoms with Crippen LogP contribution in [0.1, 0.15) is 30.7 Å². The highest BCUT2D eigenvalue weighted by atomic mass is 16.5. The second-order valence-corrected chi connectivity index (χ2v) is 6.19. The molecule has 0 aromatic carbocycles. The first-order valence-electron chi connectivity index (χ1n) is 7.80. The van der Waals surface area contributed by atoms with Gasteiger partial charge in [-0.3, -0.25) is 9.88 Å². The standard InChI is InChI=1S/C16H24N2O3/c1-11-4-5-16(20)13(17-11)9-18-7-2-3-14(18)12-10-21-8-6-15(12)19/h4-5,12,14-15,19-20H,2-3,6-10H2,1H3/t12-,14-,15+/m1/s1. The van der Waals surface area contributed by atoms with Crippen LogP contribution in [-0.2, 0) is 11.3 Å². The number of hydrogen-bond donors (Lipinski definition) is 2. The summed E-state index contributed by atoms with van der Waals surface area (Å²) in [5, 5.41) is 20.2. The summed E-state index contributed by atoms with van der Waals surface area (Å²) in [6.07, 6.45) is 2.66. The fraction of sp³-hybridized carbons (Fsp3) is 0.688. The Morgan fingerprint density at radius 3 is 3.05 bits per heavy atom. The number of hydrogen-bond acceptors (Lipinski definition) is 5. The second kappa shape index (κ2) is 6.30. The topological polar surface area (TPSA) is 65.8 Å². The lowest BCUT2D eigenvalue weighted by Crippen LogP contribution is -2.45. The van der Waals surface area contributed by atoms with Gasteiger partial charge in [-0.25, -0.2) is 0 Å². The maximum absolute atomic E-state index is 10.2. The van der Waals surface area contributed by atoms with Crippen LogP contribution in [0, 0.1) is 12.8 Å². The Morgan fingerprint density at radius 2 is 2.24 bits per heavy atom. The summed E-state index contributed by atoms with van der Waals surface area (Å²) in [5.41, 5.74) is 1.65. The molecule has 1 aromatic rings. The lowest BCUT2D eigenvalue weighted by molar-refractivity contribution is -0.0637. The third-order valence-corrected chi connectivity index (χ3v) is 4.71. The lowest BCUT2D eigenvalue weighted by Gasteiger charge is -2.37. The Hall–Kier alpha value is -1.17. The van der Waals surface area contributed by atoms with Crippen molar-refractivity contribution in [3.63, 3.8) is 0 Å². The van der Waals surface area contributed by atoms with E-state index in [4.69, 9.17) is 4.74 Å². The van der Waals surface area contributed by atoms with E-state index in [-0.39, 0.29) is 17.8 Å². The molecule has 3 rings (SSSR count). The van der Waals surface area contributed by atoms with Gasteiger partial charge in [-0.05, 0) is 44.9 Å². The molecule has 2 N–H and O–H groups in total. The second-order valence-electron chi connectivity index (χ2n) is 6.19. The van der Waals surface area contributed by atoms with Gasteiger partial charge in [0.2, 0.25) is 0 Å². The molecule has 5 heteroatoms. The third-order valence-electron chi connectivity index (χ3n) is 4.71. The number of likely N-dealkylation sites (tertiary alicyclic amines) is 1. The van der Waals surface area contributed by atoms with E-state index in [1.54, 1.807) is 6.07 Å². The maximum atomic E-state index is 10.2. The molecule has 3 heterocycles. The van der Waals surface area contributed by atoms with Gasteiger partial charge in [-0.1, -0.05) is 0 Å². The number of pyridine rings is 1. The lowest BCUT2D eigenvalue weighted by atomic mass is 9.89. The van der Waals surface area contributed by atoms with Gasteiger partial charge in [-0.2, -0.15) is 0 Å². The zero-order valence-corrected chi connectivity index (χ0v) is 12.5. The van der Waals surface area contributed by atoms with E-state index in [2.05, 4.69) is 9.88 Å². The van der Waals surface area contributed by atoms with E-state index >= 15 is 0 Å². The molecule has 2 fully saturated rings. The zero-order valence-electron chi connectivity index (χ0n) is 12.5. The average Bonchev–Trinajstić information content (AvgIpc) is 2.91. The minimum Gasteiger partial charge on any atom is -0.506 e. The fourth-order valence-corrected chi connectivity index (χ4v) is 3.56. The molecule has 21 heavy (non-hydrogen) atoms. The molecule has 0 saturated carbocycles. The third kappa shape index (κ3) is 3.20. The van der Waals surface area contributed by atoms with Gasteiger partial charge < -0.3 is 14.9 Å². The van der Waals surface area contributed by atoms with Crippen LogP contribution >= 0.6 is 0 Å². The number of nitrogens with zero attached hydrogens (tertiary/aromatic N) is 2. The fourth-order valence-electron chi connectivity index (χ4n) is 3.56. The van der Waals surface area contributed by atoms with Crippen molar-refractivity contribution in [2.75, 3.05) is 19.8 Å².